The number of hydrogen-bond acceptors (Lipinski definition) is 3. The van der Waals surface area contributed by atoms with Crippen LogP contribution in [0.15, 0.2) is 24.3 Å². The third kappa shape index (κ3) is 5.21. The average molecular weight is 360 g/mol. The largest absolute Gasteiger partial charge is 0.376 e. The zero-order valence-electron chi connectivity index (χ0n) is 16.5. The summed E-state index contributed by atoms with van der Waals surface area (Å²) in [7, 11) is 0. The number of urea groups is 1. The Morgan fingerprint density at radius 1 is 1.15 bits per heavy atom. The van der Waals surface area contributed by atoms with Gasteiger partial charge in [0.25, 0.3) is 0 Å². The maximum absolute atomic E-state index is 12.3. The van der Waals surface area contributed by atoms with Crippen LogP contribution in [0, 0.1) is 0 Å². The molecule has 144 valence electrons. The van der Waals surface area contributed by atoms with Crippen LogP contribution < -0.4 is 5.32 Å². The van der Waals surface area contributed by atoms with Gasteiger partial charge in [0.1, 0.15) is 0 Å². The first-order chi connectivity index (χ1) is 12.4. The van der Waals surface area contributed by atoms with Crippen LogP contribution in [0.1, 0.15) is 44.7 Å². The van der Waals surface area contributed by atoms with Gasteiger partial charge >= 0.3 is 6.03 Å². The summed E-state index contributed by atoms with van der Waals surface area (Å²) in [6.07, 6.45) is 2.37. The molecule has 1 N–H and O–H groups in total. The SMILES string of the molecule is CC(C)(C)c1ccc(CN2CCN(C(=O)NCC3CCCO3)CC2)cc1. The van der Waals surface area contributed by atoms with Crippen molar-refractivity contribution < 1.29 is 9.53 Å². The molecule has 1 atom stereocenters. The zero-order chi connectivity index (χ0) is 18.6. The van der Waals surface area contributed by atoms with E-state index in [4.69, 9.17) is 4.74 Å². The van der Waals surface area contributed by atoms with E-state index in [0.29, 0.717) is 6.54 Å². The number of carbonyl (C=O) groups is 1. The number of ether oxygens (including phenoxy) is 1. The molecule has 2 heterocycles. The van der Waals surface area contributed by atoms with Gasteiger partial charge in [0.05, 0.1) is 6.10 Å². The van der Waals surface area contributed by atoms with E-state index in [1.807, 2.05) is 4.90 Å². The monoisotopic (exact) mass is 359 g/mol. The number of rotatable bonds is 4. The summed E-state index contributed by atoms with van der Waals surface area (Å²) >= 11 is 0. The Hall–Kier alpha value is -1.59. The highest BCUT2D eigenvalue weighted by atomic mass is 16.5. The minimum absolute atomic E-state index is 0.0506. The zero-order valence-corrected chi connectivity index (χ0v) is 16.5. The second-order valence-corrected chi connectivity index (χ2v) is 8.53. The van der Waals surface area contributed by atoms with E-state index in [1.54, 1.807) is 0 Å². The maximum Gasteiger partial charge on any atom is 0.317 e. The minimum Gasteiger partial charge on any atom is -0.376 e. The number of hydrogen-bond donors (Lipinski definition) is 1. The molecule has 5 heteroatoms. The molecule has 5 nitrogen and oxygen atoms in total. The number of nitrogens with one attached hydrogen (secondary N) is 1. The first-order valence-electron chi connectivity index (χ1n) is 9.88. The highest BCUT2D eigenvalue weighted by molar-refractivity contribution is 5.74. The quantitative estimate of drug-likeness (QED) is 0.899. The first kappa shape index (κ1) is 19.2. The smallest absolute Gasteiger partial charge is 0.317 e. The van der Waals surface area contributed by atoms with E-state index in [1.165, 1.54) is 11.1 Å². The fourth-order valence-electron chi connectivity index (χ4n) is 3.60. The van der Waals surface area contributed by atoms with Gasteiger partial charge < -0.3 is 15.0 Å². The normalized spacial score (nSPS) is 21.8. The molecule has 0 aromatic heterocycles. The molecular weight excluding hydrogens is 326 g/mol. The molecular formula is C21H33N3O2. The average Bonchev–Trinajstić information content (AvgIpc) is 3.13. The van der Waals surface area contributed by atoms with Gasteiger partial charge in [0.15, 0.2) is 0 Å². The van der Waals surface area contributed by atoms with Crippen LogP contribution in [0.25, 0.3) is 0 Å². The van der Waals surface area contributed by atoms with Gasteiger partial charge in [-0.3, -0.25) is 4.90 Å². The van der Waals surface area contributed by atoms with Gasteiger partial charge in [-0.2, -0.15) is 0 Å². The summed E-state index contributed by atoms with van der Waals surface area (Å²) in [5, 5.41) is 3.02. The number of nitrogens with zero attached hydrogens (tertiary/aromatic N) is 2. The summed E-state index contributed by atoms with van der Waals surface area (Å²) in [5.41, 5.74) is 2.91. The van der Waals surface area contributed by atoms with Crippen molar-refractivity contribution in [3.05, 3.63) is 35.4 Å². The van der Waals surface area contributed by atoms with Crippen molar-refractivity contribution in [3.8, 4) is 0 Å². The molecule has 3 rings (SSSR count). The van der Waals surface area contributed by atoms with Gasteiger partial charge in [0.2, 0.25) is 0 Å². The summed E-state index contributed by atoms with van der Waals surface area (Å²) in [6.45, 7) is 12.6. The lowest BCUT2D eigenvalue weighted by atomic mass is 9.87. The maximum atomic E-state index is 12.3. The van der Waals surface area contributed by atoms with E-state index in [0.717, 1.165) is 52.2 Å². The third-order valence-electron chi connectivity index (χ3n) is 5.39. The van der Waals surface area contributed by atoms with Crippen LogP contribution in [-0.2, 0) is 16.7 Å². The molecule has 0 bridgehead atoms. The molecule has 26 heavy (non-hydrogen) atoms. The first-order valence-corrected chi connectivity index (χ1v) is 9.88. The summed E-state index contributed by atoms with van der Waals surface area (Å²) in [4.78, 5) is 16.6. The Kier molecular flexibility index (Phi) is 6.20. The van der Waals surface area contributed by atoms with Crippen molar-refractivity contribution in [1.29, 1.82) is 0 Å². The van der Waals surface area contributed by atoms with E-state index >= 15 is 0 Å². The van der Waals surface area contributed by atoms with E-state index in [9.17, 15) is 4.79 Å². The summed E-state index contributed by atoms with van der Waals surface area (Å²) in [6, 6.07) is 9.01. The minimum atomic E-state index is 0.0506. The van der Waals surface area contributed by atoms with Crippen molar-refractivity contribution in [1.82, 2.24) is 15.1 Å². The molecule has 2 saturated heterocycles. The lowest BCUT2D eigenvalue weighted by molar-refractivity contribution is 0.104. The molecule has 1 unspecified atom stereocenters. The van der Waals surface area contributed by atoms with Gasteiger partial charge in [-0.15, -0.1) is 0 Å². The van der Waals surface area contributed by atoms with Crippen molar-refractivity contribution in [2.45, 2.75) is 51.7 Å². The fraction of sp³-hybridized carbons (Fsp3) is 0.667. The van der Waals surface area contributed by atoms with Crippen LogP contribution in [0.2, 0.25) is 0 Å². The topological polar surface area (TPSA) is 44.8 Å². The predicted octanol–water partition coefficient (Wildman–Crippen LogP) is 2.99. The van der Waals surface area contributed by atoms with E-state index in [-0.39, 0.29) is 17.6 Å². The standard InChI is InChI=1S/C21H33N3O2/c1-21(2,3)18-8-6-17(7-9-18)16-23-10-12-24(13-11-23)20(25)22-15-19-5-4-14-26-19/h6-9,19H,4-5,10-16H2,1-3H3,(H,22,25). The van der Waals surface area contributed by atoms with Gasteiger partial charge in [0, 0.05) is 45.9 Å². The lowest BCUT2D eigenvalue weighted by Crippen LogP contribution is -2.52. The highest BCUT2D eigenvalue weighted by Gasteiger charge is 2.23. The molecule has 2 fully saturated rings. The van der Waals surface area contributed by atoms with Crippen molar-refractivity contribution in [2.75, 3.05) is 39.3 Å². The Bertz CT molecular complexity index is 580. The molecule has 1 aromatic rings. The van der Waals surface area contributed by atoms with E-state index in [2.05, 4.69) is 55.3 Å². The lowest BCUT2D eigenvalue weighted by Gasteiger charge is -2.35. The Morgan fingerprint density at radius 2 is 1.85 bits per heavy atom. The van der Waals surface area contributed by atoms with E-state index < -0.39 is 0 Å². The Labute approximate surface area is 157 Å². The number of benzene rings is 1. The second kappa shape index (κ2) is 8.40. The van der Waals surface area contributed by atoms with Gasteiger partial charge in [-0.1, -0.05) is 45.0 Å². The molecule has 2 amide bonds. The molecule has 0 aliphatic carbocycles. The van der Waals surface area contributed by atoms with Crippen molar-refractivity contribution in [2.24, 2.45) is 0 Å². The number of amides is 2. The molecule has 2 aliphatic heterocycles. The Morgan fingerprint density at radius 3 is 2.42 bits per heavy atom. The number of piperazine rings is 1. The molecule has 1 aromatic carbocycles. The fourth-order valence-corrected chi connectivity index (χ4v) is 3.60. The van der Waals surface area contributed by atoms with Crippen LogP contribution in [0.4, 0.5) is 4.79 Å². The van der Waals surface area contributed by atoms with Crippen LogP contribution in [-0.4, -0.2) is 61.3 Å². The van der Waals surface area contributed by atoms with Crippen molar-refractivity contribution >= 4 is 6.03 Å². The van der Waals surface area contributed by atoms with Crippen LogP contribution >= 0.6 is 0 Å². The molecule has 0 saturated carbocycles. The van der Waals surface area contributed by atoms with Gasteiger partial charge in [-0.05, 0) is 29.4 Å². The highest BCUT2D eigenvalue weighted by Crippen LogP contribution is 2.22. The predicted molar refractivity (Wildman–Crippen MR) is 104 cm³/mol. The molecule has 0 spiro atoms. The molecule has 0 radical (unpaired) electrons. The summed E-state index contributed by atoms with van der Waals surface area (Å²) in [5.74, 6) is 0. The third-order valence-corrected chi connectivity index (χ3v) is 5.39. The second-order valence-electron chi connectivity index (χ2n) is 8.53. The summed E-state index contributed by atoms with van der Waals surface area (Å²) < 4.78 is 5.56. The number of carbonyl (C=O) groups excluding carboxylic acids is 1. The van der Waals surface area contributed by atoms with Crippen LogP contribution in [0.5, 0.6) is 0 Å². The molecule has 2 aliphatic rings. The Balaban J connectivity index is 1.41. The van der Waals surface area contributed by atoms with Gasteiger partial charge in [-0.25, -0.2) is 4.79 Å². The van der Waals surface area contributed by atoms with Crippen molar-refractivity contribution in [3.63, 3.8) is 0 Å². The van der Waals surface area contributed by atoms with Crippen LogP contribution in [0.3, 0.4) is 0 Å².